The van der Waals surface area contributed by atoms with E-state index in [2.05, 4.69) is 5.32 Å². The van der Waals surface area contributed by atoms with Gasteiger partial charge in [-0.15, -0.1) is 0 Å². The molecule has 1 amide bonds. The third-order valence-corrected chi connectivity index (χ3v) is 7.90. The highest BCUT2D eigenvalue weighted by Crippen LogP contribution is 2.26. The van der Waals surface area contributed by atoms with E-state index in [1.807, 2.05) is 49.4 Å². The summed E-state index contributed by atoms with van der Waals surface area (Å²) in [7, 11) is -2.29. The van der Waals surface area contributed by atoms with Crippen LogP contribution in [0.15, 0.2) is 89.8 Å². The second-order valence-electron chi connectivity index (χ2n) is 8.90. The summed E-state index contributed by atoms with van der Waals surface area (Å²) in [6.45, 7) is 5.03. The Kier molecular flexibility index (Phi) is 7.75. The fourth-order valence-electron chi connectivity index (χ4n) is 3.86. The van der Waals surface area contributed by atoms with Crippen LogP contribution in [0.4, 0.5) is 5.82 Å². The monoisotopic (exact) mass is 518 g/mol. The molecule has 4 aromatic rings. The minimum Gasteiger partial charge on any atom is -0.497 e. The number of carbonyl (C=O) groups is 1. The van der Waals surface area contributed by atoms with Gasteiger partial charge in [0.25, 0.3) is 0 Å². The minimum atomic E-state index is -3.88. The number of anilines is 1. The van der Waals surface area contributed by atoms with Crippen LogP contribution in [-0.4, -0.2) is 48.1 Å². The zero-order chi connectivity index (χ0) is 26.6. The molecular weight excluding hydrogens is 488 g/mol. The lowest BCUT2D eigenvalue weighted by Crippen LogP contribution is -2.42. The van der Waals surface area contributed by atoms with Crippen molar-refractivity contribution in [1.82, 2.24) is 14.1 Å². The van der Waals surface area contributed by atoms with Crippen LogP contribution in [0.5, 0.6) is 5.75 Å². The zero-order valence-corrected chi connectivity index (χ0v) is 22.1. The number of aryl methyl sites for hydroxylation is 1. The molecule has 0 saturated heterocycles. The quantitative estimate of drug-likeness (QED) is 0.340. The first-order chi connectivity index (χ1) is 17.7. The highest BCUT2D eigenvalue weighted by molar-refractivity contribution is 7.89. The number of nitrogens with one attached hydrogen (secondary N) is 1. The topological polar surface area (TPSA) is 93.5 Å². The molecule has 0 aliphatic carbocycles. The molecule has 3 aromatic carbocycles. The van der Waals surface area contributed by atoms with Crippen molar-refractivity contribution in [3.63, 3.8) is 0 Å². The summed E-state index contributed by atoms with van der Waals surface area (Å²) in [5.41, 5.74) is 3.22. The van der Waals surface area contributed by atoms with Crippen LogP contribution in [-0.2, 0) is 14.8 Å². The fourth-order valence-corrected chi connectivity index (χ4v) is 5.45. The van der Waals surface area contributed by atoms with Gasteiger partial charge in [-0.05, 0) is 57.2 Å². The van der Waals surface area contributed by atoms with E-state index in [-0.39, 0.29) is 11.4 Å². The first-order valence-electron chi connectivity index (χ1n) is 11.9. The van der Waals surface area contributed by atoms with E-state index >= 15 is 0 Å². The predicted molar refractivity (Wildman–Crippen MR) is 144 cm³/mol. The number of aromatic nitrogens is 2. The van der Waals surface area contributed by atoms with E-state index in [4.69, 9.17) is 9.84 Å². The number of hydrogen-bond donors (Lipinski definition) is 1. The highest BCUT2D eigenvalue weighted by Gasteiger charge is 2.29. The molecule has 0 unspecified atom stereocenters. The van der Waals surface area contributed by atoms with Crippen LogP contribution in [0.3, 0.4) is 0 Å². The third kappa shape index (κ3) is 5.90. The Morgan fingerprint density at radius 1 is 1.00 bits per heavy atom. The molecule has 9 heteroatoms. The van der Waals surface area contributed by atoms with Gasteiger partial charge >= 0.3 is 0 Å². The van der Waals surface area contributed by atoms with Gasteiger partial charge in [-0.2, -0.15) is 9.40 Å². The molecular formula is C28H30N4O4S. The second kappa shape index (κ2) is 11.0. The average molecular weight is 519 g/mol. The van der Waals surface area contributed by atoms with Crippen molar-refractivity contribution in [2.75, 3.05) is 19.0 Å². The summed E-state index contributed by atoms with van der Waals surface area (Å²) in [5.74, 6) is 0.641. The summed E-state index contributed by atoms with van der Waals surface area (Å²) in [5, 5.41) is 7.58. The number of carbonyl (C=O) groups excluding carboxylic acids is 1. The molecule has 0 spiro atoms. The summed E-state index contributed by atoms with van der Waals surface area (Å²) >= 11 is 0. The molecule has 0 fully saturated rings. The Morgan fingerprint density at radius 3 is 2.24 bits per heavy atom. The van der Waals surface area contributed by atoms with Crippen LogP contribution >= 0.6 is 0 Å². The van der Waals surface area contributed by atoms with Gasteiger partial charge in [-0.25, -0.2) is 13.1 Å². The summed E-state index contributed by atoms with van der Waals surface area (Å²) in [6.07, 6.45) is 0. The standard InChI is InChI=1S/C28H30N4O4S/c1-20(2)31(37(34,35)25-16-10-21(3)11-17-25)19-28(33)29-27-18-26(22-8-6-5-7-9-22)30-32(27)23-12-14-24(36-4)15-13-23/h5-18,20H,19H2,1-4H3,(H,29,33). The van der Waals surface area contributed by atoms with Gasteiger partial charge in [0, 0.05) is 17.7 Å². The number of ether oxygens (including phenoxy) is 1. The number of hydrogen-bond acceptors (Lipinski definition) is 5. The summed E-state index contributed by atoms with van der Waals surface area (Å²) in [4.78, 5) is 13.4. The molecule has 0 saturated carbocycles. The smallest absolute Gasteiger partial charge is 0.243 e. The largest absolute Gasteiger partial charge is 0.497 e. The van der Waals surface area contributed by atoms with E-state index in [1.54, 1.807) is 68.1 Å². The minimum absolute atomic E-state index is 0.147. The van der Waals surface area contributed by atoms with Crippen molar-refractivity contribution in [3.8, 4) is 22.7 Å². The van der Waals surface area contributed by atoms with Crippen molar-refractivity contribution >= 4 is 21.7 Å². The number of amides is 1. The summed E-state index contributed by atoms with van der Waals surface area (Å²) in [6, 6.07) is 24.8. The van der Waals surface area contributed by atoms with Crippen molar-refractivity contribution in [2.45, 2.75) is 31.7 Å². The van der Waals surface area contributed by atoms with Crippen LogP contribution in [0.25, 0.3) is 16.9 Å². The molecule has 0 aliphatic rings. The van der Waals surface area contributed by atoms with Crippen molar-refractivity contribution < 1.29 is 17.9 Å². The van der Waals surface area contributed by atoms with Gasteiger partial charge in [0.1, 0.15) is 11.6 Å². The Morgan fingerprint density at radius 2 is 1.65 bits per heavy atom. The maximum Gasteiger partial charge on any atom is 0.243 e. The number of rotatable bonds is 9. The molecule has 8 nitrogen and oxygen atoms in total. The maximum absolute atomic E-state index is 13.3. The van der Waals surface area contributed by atoms with Gasteiger partial charge < -0.3 is 10.1 Å². The zero-order valence-electron chi connectivity index (χ0n) is 21.3. The molecule has 0 aliphatic heterocycles. The molecule has 37 heavy (non-hydrogen) atoms. The van der Waals surface area contributed by atoms with Crippen LogP contribution in [0.2, 0.25) is 0 Å². The van der Waals surface area contributed by atoms with E-state index in [0.717, 1.165) is 11.1 Å². The molecule has 0 bridgehead atoms. The van der Waals surface area contributed by atoms with Crippen molar-refractivity contribution in [2.24, 2.45) is 0 Å². The van der Waals surface area contributed by atoms with Gasteiger partial charge in [-0.3, -0.25) is 4.79 Å². The summed E-state index contributed by atoms with van der Waals surface area (Å²) < 4.78 is 34.7. The van der Waals surface area contributed by atoms with Crippen LogP contribution in [0, 0.1) is 6.92 Å². The number of nitrogens with zero attached hydrogens (tertiary/aromatic N) is 3. The number of sulfonamides is 1. The lowest BCUT2D eigenvalue weighted by Gasteiger charge is -2.25. The lowest BCUT2D eigenvalue weighted by atomic mass is 10.2. The van der Waals surface area contributed by atoms with E-state index < -0.39 is 22.0 Å². The number of benzene rings is 3. The molecule has 1 N–H and O–H groups in total. The molecule has 0 radical (unpaired) electrons. The van der Waals surface area contributed by atoms with Gasteiger partial charge in [0.2, 0.25) is 15.9 Å². The SMILES string of the molecule is COc1ccc(-n2nc(-c3ccccc3)cc2NC(=O)CN(C(C)C)S(=O)(=O)c2ccc(C)cc2)cc1. The van der Waals surface area contributed by atoms with Crippen LogP contribution < -0.4 is 10.1 Å². The third-order valence-electron chi connectivity index (χ3n) is 5.87. The highest BCUT2D eigenvalue weighted by atomic mass is 32.2. The predicted octanol–water partition coefficient (Wildman–Crippen LogP) is 4.89. The first kappa shape index (κ1) is 26.1. The Balaban J connectivity index is 1.64. The van der Waals surface area contributed by atoms with Crippen molar-refractivity contribution in [3.05, 3.63) is 90.5 Å². The Labute approximate surface area is 217 Å². The molecule has 1 aromatic heterocycles. The molecule has 4 rings (SSSR count). The Bertz CT molecular complexity index is 1460. The second-order valence-corrected chi connectivity index (χ2v) is 10.8. The lowest BCUT2D eigenvalue weighted by molar-refractivity contribution is -0.116. The van der Waals surface area contributed by atoms with Crippen molar-refractivity contribution in [1.29, 1.82) is 0 Å². The van der Waals surface area contributed by atoms with E-state index in [1.165, 1.54) is 4.31 Å². The normalized spacial score (nSPS) is 11.6. The van der Waals surface area contributed by atoms with Crippen LogP contribution in [0.1, 0.15) is 19.4 Å². The number of methoxy groups -OCH3 is 1. The van der Waals surface area contributed by atoms with E-state index in [0.29, 0.717) is 22.9 Å². The van der Waals surface area contributed by atoms with E-state index in [9.17, 15) is 13.2 Å². The fraction of sp³-hybridized carbons (Fsp3) is 0.214. The molecule has 1 heterocycles. The molecule has 192 valence electrons. The van der Waals surface area contributed by atoms with Gasteiger partial charge in [0.05, 0.1) is 29.9 Å². The van der Waals surface area contributed by atoms with Gasteiger partial charge in [0.15, 0.2) is 0 Å². The average Bonchev–Trinajstić information content (AvgIpc) is 3.31. The first-order valence-corrected chi connectivity index (χ1v) is 13.3. The molecule has 0 atom stereocenters. The maximum atomic E-state index is 13.3. The van der Waals surface area contributed by atoms with Gasteiger partial charge in [-0.1, -0.05) is 48.0 Å². The Hall–Kier alpha value is -3.95.